The van der Waals surface area contributed by atoms with Crippen LogP contribution < -0.4 is 9.80 Å². The molecule has 0 aliphatic heterocycles. The van der Waals surface area contributed by atoms with Crippen molar-refractivity contribution in [2.75, 3.05) is 9.80 Å². The molecule has 0 amide bonds. The summed E-state index contributed by atoms with van der Waals surface area (Å²) in [6.45, 7) is 8.76. The zero-order chi connectivity index (χ0) is 45.5. The van der Waals surface area contributed by atoms with E-state index in [0.717, 1.165) is 22.7 Å². The average molecular weight is 861 g/mol. The first-order valence-corrected chi connectivity index (χ1v) is 23.3. The van der Waals surface area contributed by atoms with E-state index in [1.165, 1.54) is 89.3 Å². The van der Waals surface area contributed by atoms with Gasteiger partial charge >= 0.3 is 0 Å². The Hall–Kier alpha value is -8.20. The molecule has 2 nitrogen and oxygen atoms in total. The molecule has 1 aliphatic carbocycles. The highest BCUT2D eigenvalue weighted by atomic mass is 15.2. The molecule has 0 unspecified atom stereocenters. The van der Waals surface area contributed by atoms with Crippen molar-refractivity contribution in [3.8, 4) is 33.4 Å². The van der Waals surface area contributed by atoms with Gasteiger partial charge in [0.25, 0.3) is 0 Å². The molecular weight excluding hydrogens is 809 g/mol. The molecule has 1 aliphatic rings. The first-order chi connectivity index (χ1) is 32.9. The second-order valence-corrected chi connectivity index (χ2v) is 18.0. The summed E-state index contributed by atoms with van der Waals surface area (Å²) in [5.41, 5.74) is 23.3. The number of fused-ring (bicyclic) bond motifs is 5. The molecule has 322 valence electrons. The van der Waals surface area contributed by atoms with Crippen LogP contribution in [0.25, 0.3) is 33.4 Å². The van der Waals surface area contributed by atoms with Crippen molar-refractivity contribution in [2.45, 2.75) is 33.1 Å². The topological polar surface area (TPSA) is 6.48 Å². The molecule has 0 fully saturated rings. The van der Waals surface area contributed by atoms with Gasteiger partial charge in [0, 0.05) is 34.1 Å². The van der Waals surface area contributed by atoms with Crippen LogP contribution >= 0.6 is 0 Å². The van der Waals surface area contributed by atoms with Crippen LogP contribution in [0.5, 0.6) is 0 Å². The average Bonchev–Trinajstić information content (AvgIpc) is 3.48. The van der Waals surface area contributed by atoms with Crippen molar-refractivity contribution in [3.63, 3.8) is 0 Å². The predicted molar refractivity (Wildman–Crippen MR) is 283 cm³/mol. The number of nitrogens with zero attached hydrogens (tertiary/aromatic N) is 2. The maximum absolute atomic E-state index is 2.44. The minimum Gasteiger partial charge on any atom is -0.310 e. The van der Waals surface area contributed by atoms with Gasteiger partial charge in [-0.3, -0.25) is 0 Å². The second-order valence-electron chi connectivity index (χ2n) is 18.0. The molecule has 0 N–H and O–H groups in total. The summed E-state index contributed by atoms with van der Waals surface area (Å²) >= 11 is 0. The highest BCUT2D eigenvalue weighted by Crippen LogP contribution is 2.55. The minimum absolute atomic E-state index is 0.658. The molecule has 10 aromatic carbocycles. The number of hydrogen-bond acceptors (Lipinski definition) is 2. The Morgan fingerprint density at radius 3 is 1.22 bits per heavy atom. The number of hydrogen-bond donors (Lipinski definition) is 0. The van der Waals surface area contributed by atoms with E-state index in [4.69, 9.17) is 0 Å². The molecule has 0 radical (unpaired) electrons. The van der Waals surface area contributed by atoms with E-state index in [-0.39, 0.29) is 0 Å². The molecule has 0 saturated heterocycles. The van der Waals surface area contributed by atoms with Gasteiger partial charge in [-0.05, 0) is 155 Å². The molecular formula is C65H52N2. The zero-order valence-corrected chi connectivity index (χ0v) is 38.5. The molecule has 0 heterocycles. The van der Waals surface area contributed by atoms with Crippen molar-refractivity contribution in [3.05, 3.63) is 287 Å². The summed E-state index contributed by atoms with van der Waals surface area (Å²) in [5.74, 6) is 0. The van der Waals surface area contributed by atoms with Crippen molar-refractivity contribution < 1.29 is 0 Å². The van der Waals surface area contributed by atoms with Crippen LogP contribution in [0.1, 0.15) is 44.5 Å². The van der Waals surface area contributed by atoms with Crippen LogP contribution in [0.4, 0.5) is 34.1 Å². The Balaban J connectivity index is 1.13. The number of rotatable bonds is 9. The van der Waals surface area contributed by atoms with E-state index >= 15 is 0 Å². The third-order valence-electron chi connectivity index (χ3n) is 13.7. The van der Waals surface area contributed by atoms with Crippen molar-refractivity contribution in [2.24, 2.45) is 0 Å². The highest BCUT2D eigenvalue weighted by molar-refractivity contribution is 5.93. The van der Waals surface area contributed by atoms with Gasteiger partial charge in [0.2, 0.25) is 0 Å². The Morgan fingerprint density at radius 2 is 0.701 bits per heavy atom. The number of aryl methyl sites for hydroxylation is 4. The molecule has 0 atom stereocenters. The molecule has 0 saturated carbocycles. The highest BCUT2D eigenvalue weighted by Gasteiger charge is 2.44. The summed E-state index contributed by atoms with van der Waals surface area (Å²) < 4.78 is 0. The molecule has 10 aromatic rings. The van der Waals surface area contributed by atoms with Gasteiger partial charge in [-0.2, -0.15) is 0 Å². The Bertz CT molecular complexity index is 3270. The molecule has 11 rings (SSSR count). The second kappa shape index (κ2) is 17.3. The fourth-order valence-corrected chi connectivity index (χ4v) is 10.7. The summed E-state index contributed by atoms with van der Waals surface area (Å²) in [6, 6.07) is 89.7. The normalized spacial score (nSPS) is 12.3. The van der Waals surface area contributed by atoms with Crippen LogP contribution in [0, 0.1) is 27.7 Å². The summed E-state index contributed by atoms with van der Waals surface area (Å²) in [6.07, 6.45) is 0. The van der Waals surface area contributed by atoms with Gasteiger partial charge in [0.15, 0.2) is 0 Å². The van der Waals surface area contributed by atoms with Gasteiger partial charge in [-0.25, -0.2) is 0 Å². The van der Waals surface area contributed by atoms with Crippen LogP contribution in [0.2, 0.25) is 0 Å². The Labute approximate surface area is 395 Å². The van der Waals surface area contributed by atoms with Crippen LogP contribution in [0.3, 0.4) is 0 Å². The number of benzene rings is 10. The van der Waals surface area contributed by atoms with Gasteiger partial charge in [0.1, 0.15) is 0 Å². The smallest absolute Gasteiger partial charge is 0.0714 e. The third kappa shape index (κ3) is 7.32. The van der Waals surface area contributed by atoms with E-state index in [0.29, 0.717) is 0 Å². The quantitative estimate of drug-likeness (QED) is 0.143. The van der Waals surface area contributed by atoms with Gasteiger partial charge in [-0.1, -0.05) is 193 Å². The van der Waals surface area contributed by atoms with Gasteiger partial charge in [-0.15, -0.1) is 0 Å². The Morgan fingerprint density at radius 1 is 0.284 bits per heavy atom. The zero-order valence-electron chi connectivity index (χ0n) is 38.5. The third-order valence-corrected chi connectivity index (χ3v) is 13.7. The summed E-state index contributed by atoms with van der Waals surface area (Å²) in [5, 5.41) is 0. The van der Waals surface area contributed by atoms with E-state index in [1.54, 1.807) is 0 Å². The van der Waals surface area contributed by atoms with Crippen molar-refractivity contribution in [1.82, 2.24) is 0 Å². The molecule has 0 bridgehead atoms. The van der Waals surface area contributed by atoms with Crippen LogP contribution in [0.15, 0.2) is 243 Å². The van der Waals surface area contributed by atoms with E-state index in [9.17, 15) is 0 Å². The SMILES string of the molecule is Cc1ccc(N(c2ccc(N(c3ccc(-c4ccccc4)cc3)c3cccc(C4(c5ccccc5)c5ccccc5-c5ccccc5-c5ccccc54)c3)cc2)c2ccc(C)cc2C)c(C)c1. The lowest BCUT2D eigenvalue weighted by Gasteiger charge is -2.39. The first-order valence-electron chi connectivity index (χ1n) is 23.3. The lowest BCUT2D eigenvalue weighted by Crippen LogP contribution is -2.32. The molecule has 67 heavy (non-hydrogen) atoms. The van der Waals surface area contributed by atoms with Gasteiger partial charge in [0.05, 0.1) is 5.41 Å². The number of anilines is 6. The lowest BCUT2D eigenvalue weighted by molar-refractivity contribution is 0.751. The summed E-state index contributed by atoms with van der Waals surface area (Å²) in [4.78, 5) is 4.83. The van der Waals surface area contributed by atoms with Crippen molar-refractivity contribution in [1.29, 1.82) is 0 Å². The lowest BCUT2D eigenvalue weighted by atomic mass is 9.63. The monoisotopic (exact) mass is 860 g/mol. The van der Waals surface area contributed by atoms with E-state index < -0.39 is 5.41 Å². The van der Waals surface area contributed by atoms with Gasteiger partial charge < -0.3 is 9.80 Å². The standard InChI is InChI=1S/C65H52N2/c1-45-30-40-63(47(3)42-45)67(64-41-31-46(2)43-48(64)4)55-38-36-54(37-39-55)66(53-34-32-50(33-35-53)49-18-7-5-8-19-49)56-23-17-22-52(44-56)65(51-20-9-6-10-21-51)61-28-15-13-26-59(61)57-24-11-12-25-58(57)60-27-14-16-29-62(60)65/h5-44H,1-4H3. The fraction of sp³-hybridized carbons (Fsp3) is 0.0769. The maximum Gasteiger partial charge on any atom is 0.0714 e. The maximum atomic E-state index is 2.44. The first kappa shape index (κ1) is 41.5. The fourth-order valence-electron chi connectivity index (χ4n) is 10.7. The van der Waals surface area contributed by atoms with Crippen LogP contribution in [-0.4, -0.2) is 0 Å². The largest absolute Gasteiger partial charge is 0.310 e. The molecule has 0 aromatic heterocycles. The molecule has 2 heteroatoms. The minimum atomic E-state index is -0.658. The van der Waals surface area contributed by atoms with Crippen molar-refractivity contribution >= 4 is 34.1 Å². The molecule has 0 spiro atoms. The predicted octanol–water partition coefficient (Wildman–Crippen LogP) is 17.6. The van der Waals surface area contributed by atoms with E-state index in [1.807, 2.05) is 0 Å². The Kier molecular flexibility index (Phi) is 10.7. The van der Waals surface area contributed by atoms with E-state index in [2.05, 4.69) is 280 Å². The summed E-state index contributed by atoms with van der Waals surface area (Å²) in [7, 11) is 0. The van der Waals surface area contributed by atoms with Crippen LogP contribution in [-0.2, 0) is 5.41 Å².